The minimum absolute atomic E-state index is 0.0489. The maximum atomic E-state index is 11.8. The van der Waals surface area contributed by atoms with Gasteiger partial charge in [-0.15, -0.1) is 0 Å². The first-order valence-electron chi connectivity index (χ1n) is 5.68. The fourth-order valence-electron chi connectivity index (χ4n) is 1.67. The predicted molar refractivity (Wildman–Crippen MR) is 62.9 cm³/mol. The van der Waals surface area contributed by atoms with Crippen LogP contribution in [-0.2, 0) is 9.53 Å². The van der Waals surface area contributed by atoms with E-state index in [2.05, 4.69) is 5.10 Å². The molecule has 1 aromatic heterocycles. The van der Waals surface area contributed by atoms with Crippen LogP contribution in [0.3, 0.4) is 0 Å². The van der Waals surface area contributed by atoms with Crippen molar-refractivity contribution < 1.29 is 14.3 Å². The van der Waals surface area contributed by atoms with Crippen LogP contribution in [0.4, 0.5) is 0 Å². The van der Waals surface area contributed by atoms with Gasteiger partial charge in [-0.3, -0.25) is 9.48 Å². The van der Waals surface area contributed by atoms with Gasteiger partial charge in [0.1, 0.15) is 0 Å². The van der Waals surface area contributed by atoms with Crippen LogP contribution in [0.5, 0.6) is 0 Å². The Hall–Kier alpha value is -1.65. The molecule has 5 nitrogen and oxygen atoms in total. The quantitative estimate of drug-likeness (QED) is 0.579. The highest BCUT2D eigenvalue weighted by atomic mass is 16.5. The molecule has 1 heterocycles. The Morgan fingerprint density at radius 2 is 2.24 bits per heavy atom. The summed E-state index contributed by atoms with van der Waals surface area (Å²) in [6, 6.07) is -0.484. The van der Waals surface area contributed by atoms with Crippen molar-refractivity contribution in [2.75, 3.05) is 6.61 Å². The SMILES string of the molecule is CCOC(=O)C(C(C)C)n1cc(C=O)c(C)n1. The number of hydrogen-bond donors (Lipinski definition) is 0. The van der Waals surface area contributed by atoms with E-state index >= 15 is 0 Å². The monoisotopic (exact) mass is 238 g/mol. The van der Waals surface area contributed by atoms with E-state index in [4.69, 9.17) is 4.74 Å². The van der Waals surface area contributed by atoms with Gasteiger partial charge in [0, 0.05) is 6.20 Å². The topological polar surface area (TPSA) is 61.2 Å². The number of nitrogens with zero attached hydrogens (tertiary/aromatic N) is 2. The molecule has 1 unspecified atom stereocenters. The Balaban J connectivity index is 3.05. The molecule has 0 bridgehead atoms. The van der Waals surface area contributed by atoms with Crippen LogP contribution in [0.15, 0.2) is 6.20 Å². The number of ether oxygens (including phenoxy) is 1. The normalized spacial score (nSPS) is 12.5. The molecule has 0 fully saturated rings. The molecule has 0 aliphatic carbocycles. The number of esters is 1. The molecule has 0 aliphatic heterocycles. The summed E-state index contributed by atoms with van der Waals surface area (Å²) in [7, 11) is 0. The minimum Gasteiger partial charge on any atom is -0.464 e. The molecule has 0 N–H and O–H groups in total. The number of carbonyl (C=O) groups is 2. The zero-order valence-electron chi connectivity index (χ0n) is 10.6. The van der Waals surface area contributed by atoms with Crippen molar-refractivity contribution in [3.8, 4) is 0 Å². The van der Waals surface area contributed by atoms with E-state index < -0.39 is 6.04 Å². The summed E-state index contributed by atoms with van der Waals surface area (Å²) < 4.78 is 6.53. The van der Waals surface area contributed by atoms with Gasteiger partial charge >= 0.3 is 5.97 Å². The van der Waals surface area contributed by atoms with E-state index in [1.807, 2.05) is 13.8 Å². The van der Waals surface area contributed by atoms with Crippen molar-refractivity contribution in [2.45, 2.75) is 33.7 Å². The standard InChI is InChI=1S/C12H18N2O3/c1-5-17-12(16)11(8(2)3)14-6-10(7-15)9(4)13-14/h6-8,11H,5H2,1-4H3. The molecular formula is C12H18N2O3. The van der Waals surface area contributed by atoms with Crippen molar-refractivity contribution in [1.29, 1.82) is 0 Å². The summed E-state index contributed by atoms with van der Waals surface area (Å²) in [5, 5.41) is 4.19. The van der Waals surface area contributed by atoms with Gasteiger partial charge in [0.25, 0.3) is 0 Å². The van der Waals surface area contributed by atoms with Crippen molar-refractivity contribution in [1.82, 2.24) is 9.78 Å². The van der Waals surface area contributed by atoms with Gasteiger partial charge in [-0.2, -0.15) is 5.10 Å². The van der Waals surface area contributed by atoms with Gasteiger partial charge in [0.2, 0.25) is 0 Å². The second kappa shape index (κ2) is 5.61. The Kier molecular flexibility index (Phi) is 4.43. The van der Waals surface area contributed by atoms with Crippen LogP contribution in [0, 0.1) is 12.8 Å². The number of aldehydes is 1. The average Bonchev–Trinajstić information content (AvgIpc) is 2.59. The predicted octanol–water partition coefficient (Wildman–Crippen LogP) is 1.76. The van der Waals surface area contributed by atoms with Gasteiger partial charge in [-0.1, -0.05) is 13.8 Å². The fraction of sp³-hybridized carbons (Fsp3) is 0.583. The van der Waals surface area contributed by atoms with Crippen LogP contribution in [0.2, 0.25) is 0 Å². The molecule has 0 saturated heterocycles. The third-order valence-electron chi connectivity index (χ3n) is 2.53. The van der Waals surface area contributed by atoms with Gasteiger partial charge < -0.3 is 4.74 Å². The number of carbonyl (C=O) groups excluding carboxylic acids is 2. The third kappa shape index (κ3) is 2.93. The number of aromatic nitrogens is 2. The summed E-state index contributed by atoms with van der Waals surface area (Å²) >= 11 is 0. The van der Waals surface area contributed by atoms with Crippen LogP contribution >= 0.6 is 0 Å². The van der Waals surface area contributed by atoms with E-state index in [1.54, 1.807) is 20.0 Å². The van der Waals surface area contributed by atoms with E-state index in [0.29, 0.717) is 17.9 Å². The lowest BCUT2D eigenvalue weighted by molar-refractivity contribution is -0.149. The molecule has 1 aromatic rings. The summed E-state index contributed by atoms with van der Waals surface area (Å²) in [5.41, 5.74) is 1.12. The van der Waals surface area contributed by atoms with Crippen molar-refractivity contribution in [3.63, 3.8) is 0 Å². The number of aryl methyl sites for hydroxylation is 1. The lowest BCUT2D eigenvalue weighted by Crippen LogP contribution is -2.27. The van der Waals surface area contributed by atoms with Gasteiger partial charge in [0.05, 0.1) is 17.9 Å². The van der Waals surface area contributed by atoms with Crippen molar-refractivity contribution >= 4 is 12.3 Å². The van der Waals surface area contributed by atoms with E-state index in [-0.39, 0.29) is 11.9 Å². The highest BCUT2D eigenvalue weighted by Gasteiger charge is 2.26. The molecule has 17 heavy (non-hydrogen) atoms. The molecule has 1 atom stereocenters. The molecule has 0 aliphatic rings. The highest BCUT2D eigenvalue weighted by Crippen LogP contribution is 2.20. The maximum absolute atomic E-state index is 11.8. The molecule has 0 radical (unpaired) electrons. The Morgan fingerprint density at radius 3 is 2.65 bits per heavy atom. The van der Waals surface area contributed by atoms with E-state index in [0.717, 1.165) is 6.29 Å². The Bertz CT molecular complexity index is 410. The zero-order valence-corrected chi connectivity index (χ0v) is 10.6. The summed E-state index contributed by atoms with van der Waals surface area (Å²) in [4.78, 5) is 22.6. The number of rotatable bonds is 5. The largest absolute Gasteiger partial charge is 0.464 e. The van der Waals surface area contributed by atoms with Crippen LogP contribution in [-0.4, -0.2) is 28.6 Å². The molecule has 0 aromatic carbocycles. The second-order valence-electron chi connectivity index (χ2n) is 4.21. The minimum atomic E-state index is -0.484. The van der Waals surface area contributed by atoms with Gasteiger partial charge in [-0.05, 0) is 19.8 Å². The van der Waals surface area contributed by atoms with Gasteiger partial charge in [-0.25, -0.2) is 4.79 Å². The summed E-state index contributed by atoms with van der Waals surface area (Å²) in [5.74, 6) is -0.268. The summed E-state index contributed by atoms with van der Waals surface area (Å²) in [6.07, 6.45) is 2.32. The molecule has 1 rings (SSSR count). The van der Waals surface area contributed by atoms with Crippen LogP contribution < -0.4 is 0 Å². The van der Waals surface area contributed by atoms with Gasteiger partial charge in [0.15, 0.2) is 12.3 Å². The fourth-order valence-corrected chi connectivity index (χ4v) is 1.67. The highest BCUT2D eigenvalue weighted by molar-refractivity contribution is 5.77. The molecular weight excluding hydrogens is 220 g/mol. The second-order valence-corrected chi connectivity index (χ2v) is 4.21. The lowest BCUT2D eigenvalue weighted by Gasteiger charge is -2.19. The third-order valence-corrected chi connectivity index (χ3v) is 2.53. The lowest BCUT2D eigenvalue weighted by atomic mass is 10.1. The number of hydrogen-bond acceptors (Lipinski definition) is 4. The average molecular weight is 238 g/mol. The maximum Gasteiger partial charge on any atom is 0.331 e. The first-order chi connectivity index (χ1) is 8.01. The molecule has 0 spiro atoms. The first kappa shape index (κ1) is 13.4. The van der Waals surface area contributed by atoms with Crippen LogP contribution in [0.25, 0.3) is 0 Å². The molecule has 0 amide bonds. The van der Waals surface area contributed by atoms with Crippen molar-refractivity contribution in [2.24, 2.45) is 5.92 Å². The molecule has 94 valence electrons. The Morgan fingerprint density at radius 1 is 1.59 bits per heavy atom. The van der Waals surface area contributed by atoms with E-state index in [9.17, 15) is 9.59 Å². The zero-order chi connectivity index (χ0) is 13.0. The first-order valence-corrected chi connectivity index (χ1v) is 5.68. The van der Waals surface area contributed by atoms with Crippen molar-refractivity contribution in [3.05, 3.63) is 17.5 Å². The summed E-state index contributed by atoms with van der Waals surface area (Å²) in [6.45, 7) is 7.67. The Labute approximate surface area is 101 Å². The smallest absolute Gasteiger partial charge is 0.331 e. The molecule has 5 heteroatoms. The molecule has 0 saturated carbocycles. The van der Waals surface area contributed by atoms with E-state index in [1.165, 1.54) is 4.68 Å². The van der Waals surface area contributed by atoms with Crippen LogP contribution in [0.1, 0.15) is 42.9 Å².